The average molecular weight is 512 g/mol. The molecule has 1 unspecified atom stereocenters. The van der Waals surface area contributed by atoms with Crippen molar-refractivity contribution in [3.63, 3.8) is 0 Å². The van der Waals surface area contributed by atoms with E-state index in [1.807, 2.05) is 22.4 Å². The minimum Gasteiger partial charge on any atom is -0.497 e. The first-order valence-electron chi connectivity index (χ1n) is 11.5. The number of hydrogen-bond donors (Lipinski definition) is 1. The number of thioether (sulfide) groups is 1. The number of fused-ring (bicyclic) bond motifs is 1. The number of benzene rings is 1. The van der Waals surface area contributed by atoms with E-state index in [0.29, 0.717) is 39.4 Å². The van der Waals surface area contributed by atoms with Gasteiger partial charge in [-0.1, -0.05) is 11.8 Å². The lowest BCUT2D eigenvalue weighted by Gasteiger charge is -2.37. The first-order chi connectivity index (χ1) is 17.3. The van der Waals surface area contributed by atoms with Crippen molar-refractivity contribution in [1.29, 1.82) is 0 Å². The van der Waals surface area contributed by atoms with Crippen molar-refractivity contribution in [3.8, 4) is 11.5 Å². The summed E-state index contributed by atoms with van der Waals surface area (Å²) in [5, 5.41) is 5.43. The maximum atomic E-state index is 13.3. The average Bonchev–Trinajstić information content (AvgIpc) is 3.51. The zero-order valence-corrected chi connectivity index (χ0v) is 21.7. The molecule has 2 aromatic rings. The summed E-state index contributed by atoms with van der Waals surface area (Å²) >= 11 is 1.41. The lowest BCUT2D eigenvalue weighted by Crippen LogP contribution is -2.38. The van der Waals surface area contributed by atoms with Crippen molar-refractivity contribution >= 4 is 28.8 Å². The number of amides is 1. The maximum absolute atomic E-state index is 13.3. The van der Waals surface area contributed by atoms with E-state index >= 15 is 0 Å². The van der Waals surface area contributed by atoms with Crippen molar-refractivity contribution in [3.05, 3.63) is 70.3 Å². The summed E-state index contributed by atoms with van der Waals surface area (Å²) in [6, 6.07) is 8.40. The van der Waals surface area contributed by atoms with E-state index in [4.69, 9.17) is 18.6 Å². The number of hydrogen-bond acceptors (Lipinski definition) is 9. The van der Waals surface area contributed by atoms with Gasteiger partial charge in [-0.05, 0) is 50.4 Å². The van der Waals surface area contributed by atoms with Crippen LogP contribution >= 0.6 is 11.8 Å². The monoisotopic (exact) mass is 511 g/mol. The lowest BCUT2D eigenvalue weighted by molar-refractivity contribution is -0.143. The molecule has 3 heterocycles. The number of ether oxygens (including phenoxy) is 3. The standard InChI is InChI=1S/C26H29N3O6S/c1-15(2)35-25(31)23-16(3)28-26-29(24(23)20-9-8-18(32-4)12-21(20)33-5)17(14-36-26)11-22(30)27-13-19-7-6-10-34-19/h6-10,12,14-15,24H,11,13H2,1-5H3,(H,27,30). The molecule has 190 valence electrons. The van der Waals surface area contributed by atoms with Crippen LogP contribution < -0.4 is 14.8 Å². The molecule has 0 spiro atoms. The van der Waals surface area contributed by atoms with Gasteiger partial charge in [0.2, 0.25) is 5.91 Å². The Hall–Kier alpha value is -3.66. The summed E-state index contributed by atoms with van der Waals surface area (Å²) in [5.41, 5.74) is 2.38. The quantitative estimate of drug-likeness (QED) is 0.490. The second-order valence-electron chi connectivity index (χ2n) is 8.49. The normalized spacial score (nSPS) is 16.9. The van der Waals surface area contributed by atoms with Gasteiger partial charge in [0.15, 0.2) is 5.17 Å². The molecule has 1 amide bonds. The van der Waals surface area contributed by atoms with Crippen molar-refractivity contribution < 1.29 is 28.2 Å². The first-order valence-corrected chi connectivity index (χ1v) is 12.4. The molecule has 1 atom stereocenters. The molecule has 0 bridgehead atoms. The van der Waals surface area contributed by atoms with Crippen LogP contribution in [-0.4, -0.2) is 42.3 Å². The number of methoxy groups -OCH3 is 2. The van der Waals surface area contributed by atoms with Gasteiger partial charge in [0.25, 0.3) is 0 Å². The topological polar surface area (TPSA) is 103 Å². The molecule has 0 aliphatic carbocycles. The van der Waals surface area contributed by atoms with Crippen LogP contribution in [0.2, 0.25) is 0 Å². The van der Waals surface area contributed by atoms with E-state index in [2.05, 4.69) is 10.3 Å². The molecule has 4 rings (SSSR count). The Labute approximate surface area is 214 Å². The molecule has 0 saturated carbocycles. The summed E-state index contributed by atoms with van der Waals surface area (Å²) in [5.74, 6) is 1.18. The van der Waals surface area contributed by atoms with E-state index in [-0.39, 0.29) is 25.0 Å². The zero-order valence-electron chi connectivity index (χ0n) is 20.9. The fraction of sp³-hybridized carbons (Fsp3) is 0.346. The minimum atomic E-state index is -0.608. The molecule has 1 aromatic heterocycles. The molecule has 2 aliphatic heterocycles. The molecule has 0 radical (unpaired) electrons. The molecular weight excluding hydrogens is 482 g/mol. The molecule has 10 heteroatoms. The van der Waals surface area contributed by atoms with E-state index in [1.165, 1.54) is 11.8 Å². The van der Waals surface area contributed by atoms with Crippen LogP contribution in [0.1, 0.15) is 44.6 Å². The van der Waals surface area contributed by atoms with Gasteiger partial charge in [-0.15, -0.1) is 0 Å². The Morgan fingerprint density at radius 2 is 2.03 bits per heavy atom. The molecule has 36 heavy (non-hydrogen) atoms. The Kier molecular flexibility index (Phi) is 7.73. The molecule has 1 N–H and O–H groups in total. The van der Waals surface area contributed by atoms with Crippen LogP contribution in [0.25, 0.3) is 0 Å². The van der Waals surface area contributed by atoms with Crippen LogP contribution in [0.3, 0.4) is 0 Å². The fourth-order valence-corrected chi connectivity index (χ4v) is 5.04. The van der Waals surface area contributed by atoms with Crippen LogP contribution in [0.15, 0.2) is 68.4 Å². The Morgan fingerprint density at radius 1 is 1.22 bits per heavy atom. The highest BCUT2D eigenvalue weighted by atomic mass is 32.2. The lowest BCUT2D eigenvalue weighted by atomic mass is 9.93. The summed E-state index contributed by atoms with van der Waals surface area (Å²) in [6.07, 6.45) is 1.35. The van der Waals surface area contributed by atoms with E-state index in [0.717, 1.165) is 5.56 Å². The fourth-order valence-electron chi connectivity index (χ4n) is 4.07. The van der Waals surface area contributed by atoms with Gasteiger partial charge in [-0.3, -0.25) is 4.79 Å². The predicted molar refractivity (Wildman–Crippen MR) is 136 cm³/mol. The van der Waals surface area contributed by atoms with Crippen LogP contribution in [0.5, 0.6) is 11.5 Å². The number of nitrogens with one attached hydrogen (secondary N) is 1. The van der Waals surface area contributed by atoms with Gasteiger partial charge in [0.1, 0.15) is 17.3 Å². The third kappa shape index (κ3) is 5.28. The summed E-state index contributed by atoms with van der Waals surface area (Å²) < 4.78 is 22.0. The number of allylic oxidation sites excluding steroid dienone is 1. The van der Waals surface area contributed by atoms with Gasteiger partial charge in [-0.25, -0.2) is 9.79 Å². The van der Waals surface area contributed by atoms with Gasteiger partial charge < -0.3 is 28.8 Å². The Balaban J connectivity index is 1.70. The van der Waals surface area contributed by atoms with Crippen LogP contribution in [-0.2, 0) is 20.9 Å². The number of rotatable bonds is 9. The predicted octanol–water partition coefficient (Wildman–Crippen LogP) is 4.53. The molecule has 0 fully saturated rings. The Morgan fingerprint density at radius 3 is 2.69 bits per heavy atom. The van der Waals surface area contributed by atoms with Crippen LogP contribution in [0.4, 0.5) is 0 Å². The summed E-state index contributed by atoms with van der Waals surface area (Å²) in [4.78, 5) is 32.7. The van der Waals surface area contributed by atoms with Crippen molar-refractivity contribution in [2.45, 2.75) is 45.9 Å². The number of amidine groups is 1. The number of aliphatic imine (C=N–C) groups is 1. The van der Waals surface area contributed by atoms with Crippen molar-refractivity contribution in [2.75, 3.05) is 14.2 Å². The minimum absolute atomic E-state index is 0.0905. The first kappa shape index (κ1) is 25.4. The maximum Gasteiger partial charge on any atom is 0.338 e. The number of furan rings is 1. The third-order valence-corrected chi connectivity index (χ3v) is 6.57. The zero-order chi connectivity index (χ0) is 25.8. The number of carbonyl (C=O) groups is 2. The smallest absolute Gasteiger partial charge is 0.338 e. The van der Waals surface area contributed by atoms with E-state index in [1.54, 1.807) is 59.5 Å². The number of carbonyl (C=O) groups excluding carboxylic acids is 2. The summed E-state index contributed by atoms with van der Waals surface area (Å²) in [7, 11) is 3.14. The highest BCUT2D eigenvalue weighted by Crippen LogP contribution is 2.47. The van der Waals surface area contributed by atoms with Crippen molar-refractivity contribution in [2.24, 2.45) is 4.99 Å². The third-order valence-electron chi connectivity index (χ3n) is 5.68. The second kappa shape index (κ2) is 10.9. The largest absolute Gasteiger partial charge is 0.497 e. The number of nitrogens with zero attached hydrogens (tertiary/aromatic N) is 2. The Bertz CT molecular complexity index is 1230. The molecule has 0 saturated heterocycles. The van der Waals surface area contributed by atoms with Crippen LogP contribution in [0, 0.1) is 0 Å². The second-order valence-corrected chi connectivity index (χ2v) is 9.32. The van der Waals surface area contributed by atoms with Gasteiger partial charge in [0, 0.05) is 17.3 Å². The highest BCUT2D eigenvalue weighted by molar-refractivity contribution is 8.16. The highest BCUT2D eigenvalue weighted by Gasteiger charge is 2.42. The SMILES string of the molecule is COc1ccc(C2C(C(=O)OC(C)C)=C(C)N=C3SC=C(CC(=O)NCc4ccco4)N32)c(OC)c1. The molecular formula is C26H29N3O6S. The van der Waals surface area contributed by atoms with E-state index in [9.17, 15) is 9.59 Å². The van der Waals surface area contributed by atoms with E-state index < -0.39 is 12.0 Å². The van der Waals surface area contributed by atoms with Gasteiger partial charge >= 0.3 is 5.97 Å². The van der Waals surface area contributed by atoms with Gasteiger partial charge in [-0.2, -0.15) is 0 Å². The summed E-state index contributed by atoms with van der Waals surface area (Å²) in [6.45, 7) is 5.68. The number of esters is 1. The molecule has 9 nitrogen and oxygen atoms in total. The molecule has 1 aromatic carbocycles. The van der Waals surface area contributed by atoms with Gasteiger partial charge in [0.05, 0.1) is 56.9 Å². The van der Waals surface area contributed by atoms with Crippen molar-refractivity contribution in [1.82, 2.24) is 10.2 Å². The molecule has 2 aliphatic rings.